The molecule has 0 radical (unpaired) electrons. The molecule has 9 nitrogen and oxygen atoms in total. The number of rotatable bonds is 11. The SMILES string of the molecule is COCCC(=NS(=O)(=O)Cc1ccc(C)cc1)Nc1ccc(Oc2ccnc3cc(OC)c(OC)cc23)c(F)c1. The predicted octanol–water partition coefficient (Wildman–Crippen LogP) is 5.87. The Labute approximate surface area is 232 Å². The summed E-state index contributed by atoms with van der Waals surface area (Å²) in [5.41, 5.74) is 2.53. The van der Waals surface area contributed by atoms with Crippen LogP contribution in [0.2, 0.25) is 0 Å². The topological polar surface area (TPSA) is 108 Å². The Morgan fingerprint density at radius 3 is 2.33 bits per heavy atom. The van der Waals surface area contributed by atoms with Crippen molar-refractivity contribution in [2.75, 3.05) is 33.3 Å². The molecule has 0 saturated carbocycles. The lowest BCUT2D eigenvalue weighted by atomic mass is 10.2. The molecule has 210 valence electrons. The smallest absolute Gasteiger partial charge is 0.258 e. The Morgan fingerprint density at radius 2 is 1.65 bits per heavy atom. The first-order valence-electron chi connectivity index (χ1n) is 12.3. The third kappa shape index (κ3) is 7.25. The second-order valence-electron chi connectivity index (χ2n) is 8.90. The van der Waals surface area contributed by atoms with Crippen molar-refractivity contribution in [3.8, 4) is 23.0 Å². The number of aryl methyl sites for hydroxylation is 1. The van der Waals surface area contributed by atoms with Gasteiger partial charge in [-0.15, -0.1) is 4.40 Å². The van der Waals surface area contributed by atoms with E-state index in [9.17, 15) is 8.42 Å². The normalized spacial score (nSPS) is 11.9. The molecular formula is C29H30FN3O6S. The predicted molar refractivity (Wildman–Crippen MR) is 153 cm³/mol. The number of anilines is 1. The van der Waals surface area contributed by atoms with Gasteiger partial charge < -0.3 is 24.3 Å². The molecule has 0 saturated heterocycles. The quantitative estimate of drug-likeness (QED) is 0.177. The lowest BCUT2D eigenvalue weighted by molar-refractivity contribution is 0.207. The zero-order valence-corrected chi connectivity index (χ0v) is 23.4. The fraction of sp³-hybridized carbons (Fsp3) is 0.241. The number of aromatic nitrogens is 1. The highest BCUT2D eigenvalue weighted by atomic mass is 32.2. The highest BCUT2D eigenvalue weighted by Crippen LogP contribution is 2.37. The van der Waals surface area contributed by atoms with E-state index >= 15 is 4.39 Å². The first-order valence-corrected chi connectivity index (χ1v) is 13.9. The van der Waals surface area contributed by atoms with Gasteiger partial charge in [0.1, 0.15) is 11.6 Å². The van der Waals surface area contributed by atoms with E-state index in [1.165, 1.54) is 33.5 Å². The number of nitrogens with zero attached hydrogens (tertiary/aromatic N) is 2. The van der Waals surface area contributed by atoms with E-state index in [0.29, 0.717) is 39.4 Å². The van der Waals surface area contributed by atoms with E-state index < -0.39 is 15.8 Å². The summed E-state index contributed by atoms with van der Waals surface area (Å²) in [5, 5.41) is 3.51. The number of hydrogen-bond acceptors (Lipinski definition) is 7. The largest absolute Gasteiger partial charge is 0.493 e. The molecule has 0 aliphatic carbocycles. The van der Waals surface area contributed by atoms with Crippen LogP contribution in [0.4, 0.5) is 10.1 Å². The molecule has 0 bridgehead atoms. The molecular weight excluding hydrogens is 537 g/mol. The summed E-state index contributed by atoms with van der Waals surface area (Å²) in [7, 11) is 0.683. The number of pyridine rings is 1. The number of hydrogen-bond donors (Lipinski definition) is 1. The molecule has 0 amide bonds. The third-order valence-corrected chi connectivity index (χ3v) is 7.11. The highest BCUT2D eigenvalue weighted by molar-refractivity contribution is 7.89. The zero-order chi connectivity index (χ0) is 28.7. The van der Waals surface area contributed by atoms with Crippen molar-refractivity contribution in [1.29, 1.82) is 0 Å². The number of benzene rings is 3. The van der Waals surface area contributed by atoms with Gasteiger partial charge in [-0.3, -0.25) is 4.98 Å². The third-order valence-electron chi connectivity index (χ3n) is 5.91. The molecule has 4 rings (SSSR count). The van der Waals surface area contributed by atoms with Crippen LogP contribution >= 0.6 is 0 Å². The first-order chi connectivity index (χ1) is 19.2. The van der Waals surface area contributed by atoms with Crippen LogP contribution in [0.25, 0.3) is 10.9 Å². The standard InChI is InChI=1S/C29H30FN3O6S/c1-19-5-7-20(8-6-19)18-40(34,35)33-29(12-14-36-2)32-21-9-10-26(23(30)15-21)39-25-11-13-31-24-17-28(38-4)27(37-3)16-22(24)25/h5-11,13,15-17H,12,14,18H2,1-4H3,(H,32,33). The highest BCUT2D eigenvalue weighted by Gasteiger charge is 2.16. The maximum absolute atomic E-state index is 15.2. The molecule has 1 N–H and O–H groups in total. The minimum Gasteiger partial charge on any atom is -0.493 e. The van der Waals surface area contributed by atoms with Gasteiger partial charge in [-0.1, -0.05) is 29.8 Å². The van der Waals surface area contributed by atoms with E-state index in [1.807, 2.05) is 19.1 Å². The van der Waals surface area contributed by atoms with Gasteiger partial charge in [0.15, 0.2) is 23.1 Å². The van der Waals surface area contributed by atoms with Crippen molar-refractivity contribution in [3.63, 3.8) is 0 Å². The molecule has 4 aromatic rings. The average Bonchev–Trinajstić information content (AvgIpc) is 2.93. The van der Waals surface area contributed by atoms with E-state index in [4.69, 9.17) is 18.9 Å². The van der Waals surface area contributed by atoms with Gasteiger partial charge in [-0.25, -0.2) is 12.8 Å². The first kappa shape index (κ1) is 28.8. The summed E-state index contributed by atoms with van der Waals surface area (Å²) in [6.07, 6.45) is 1.73. The second kappa shape index (κ2) is 12.8. The number of sulfonamides is 1. The van der Waals surface area contributed by atoms with Crippen LogP contribution in [0.3, 0.4) is 0 Å². The van der Waals surface area contributed by atoms with Crippen LogP contribution < -0.4 is 19.5 Å². The van der Waals surface area contributed by atoms with E-state index in [2.05, 4.69) is 14.7 Å². The summed E-state index contributed by atoms with van der Waals surface area (Å²) in [4.78, 5) is 4.33. The summed E-state index contributed by atoms with van der Waals surface area (Å²) >= 11 is 0. The molecule has 1 heterocycles. The van der Waals surface area contributed by atoms with Crippen molar-refractivity contribution in [2.45, 2.75) is 19.1 Å². The lowest BCUT2D eigenvalue weighted by Gasteiger charge is -2.14. The Kier molecular flexibility index (Phi) is 9.18. The van der Waals surface area contributed by atoms with Gasteiger partial charge in [-0.2, -0.15) is 0 Å². The monoisotopic (exact) mass is 567 g/mol. The van der Waals surface area contributed by atoms with Crippen LogP contribution in [0.1, 0.15) is 17.5 Å². The average molecular weight is 568 g/mol. The number of amidine groups is 1. The molecule has 0 fully saturated rings. The van der Waals surface area contributed by atoms with Gasteiger partial charge in [0.2, 0.25) is 0 Å². The Balaban J connectivity index is 1.56. The van der Waals surface area contributed by atoms with Gasteiger partial charge in [0.25, 0.3) is 10.0 Å². The van der Waals surface area contributed by atoms with Gasteiger partial charge in [-0.05, 0) is 36.8 Å². The van der Waals surface area contributed by atoms with E-state index in [0.717, 1.165) is 5.56 Å². The summed E-state index contributed by atoms with van der Waals surface area (Å²) in [5.74, 6) is 0.530. The van der Waals surface area contributed by atoms with E-state index in [1.54, 1.807) is 42.6 Å². The number of nitrogens with one attached hydrogen (secondary N) is 1. The maximum Gasteiger partial charge on any atom is 0.258 e. The second-order valence-corrected chi connectivity index (χ2v) is 10.5. The van der Waals surface area contributed by atoms with Gasteiger partial charge in [0, 0.05) is 42.9 Å². The summed E-state index contributed by atoms with van der Waals surface area (Å²) < 4.78 is 66.4. The molecule has 0 unspecified atom stereocenters. The van der Waals surface area contributed by atoms with Crippen molar-refractivity contribution in [3.05, 3.63) is 83.8 Å². The van der Waals surface area contributed by atoms with Crippen LogP contribution in [0.15, 0.2) is 71.3 Å². The van der Waals surface area contributed by atoms with Crippen molar-refractivity contribution in [1.82, 2.24) is 4.98 Å². The van der Waals surface area contributed by atoms with Crippen molar-refractivity contribution >= 4 is 32.4 Å². The number of ether oxygens (including phenoxy) is 4. The van der Waals surface area contributed by atoms with Crippen LogP contribution in [0, 0.1) is 12.7 Å². The fourth-order valence-corrected chi connectivity index (χ4v) is 5.06. The van der Waals surface area contributed by atoms with Gasteiger partial charge >= 0.3 is 0 Å². The lowest BCUT2D eigenvalue weighted by Crippen LogP contribution is -2.17. The van der Waals surface area contributed by atoms with Crippen LogP contribution in [-0.2, 0) is 20.5 Å². The van der Waals surface area contributed by atoms with Crippen molar-refractivity contribution in [2.24, 2.45) is 4.40 Å². The molecule has 0 atom stereocenters. The fourth-order valence-electron chi connectivity index (χ4n) is 3.91. The molecule has 3 aromatic carbocycles. The number of methoxy groups -OCH3 is 3. The Morgan fingerprint density at radius 1 is 0.925 bits per heavy atom. The molecule has 0 aliphatic rings. The maximum atomic E-state index is 15.2. The summed E-state index contributed by atoms with van der Waals surface area (Å²) in [6, 6.07) is 16.4. The summed E-state index contributed by atoms with van der Waals surface area (Å²) in [6.45, 7) is 2.14. The van der Waals surface area contributed by atoms with Crippen molar-refractivity contribution < 1.29 is 31.8 Å². The van der Waals surface area contributed by atoms with Crippen LogP contribution in [-0.4, -0.2) is 47.2 Å². The zero-order valence-electron chi connectivity index (χ0n) is 22.6. The Hall–Kier alpha value is -4.22. The molecule has 1 aromatic heterocycles. The molecule has 11 heteroatoms. The van der Waals surface area contributed by atoms with Gasteiger partial charge in [0.05, 0.1) is 32.1 Å². The van der Waals surface area contributed by atoms with E-state index in [-0.39, 0.29) is 30.4 Å². The number of fused-ring (bicyclic) bond motifs is 1. The molecule has 40 heavy (non-hydrogen) atoms. The Bertz CT molecular complexity index is 1630. The number of halogens is 1. The van der Waals surface area contributed by atoms with Crippen LogP contribution in [0.5, 0.6) is 23.0 Å². The molecule has 0 aliphatic heterocycles. The minimum atomic E-state index is -3.86. The molecule has 0 spiro atoms. The minimum absolute atomic E-state index is 0.0322.